The van der Waals surface area contributed by atoms with Crippen LogP contribution in [0, 0.1) is 6.92 Å². The summed E-state index contributed by atoms with van der Waals surface area (Å²) < 4.78 is 5.22. The zero-order valence-electron chi connectivity index (χ0n) is 15.7. The van der Waals surface area contributed by atoms with Crippen molar-refractivity contribution in [2.24, 2.45) is 0 Å². The Bertz CT molecular complexity index is 961. The molecule has 28 heavy (non-hydrogen) atoms. The van der Waals surface area contributed by atoms with Gasteiger partial charge in [0.05, 0.1) is 18.4 Å². The Hall–Kier alpha value is -3.12. The van der Waals surface area contributed by atoms with Crippen LogP contribution in [0.4, 0.5) is 5.95 Å². The number of amides is 1. The molecule has 0 saturated carbocycles. The number of nitrogens with zero attached hydrogens (tertiary/aromatic N) is 2. The molecule has 3 aromatic rings. The third kappa shape index (κ3) is 5.20. The van der Waals surface area contributed by atoms with Crippen molar-refractivity contribution in [3.8, 4) is 5.75 Å². The van der Waals surface area contributed by atoms with Crippen molar-refractivity contribution in [1.29, 1.82) is 0 Å². The first-order valence-corrected chi connectivity index (χ1v) is 9.16. The van der Waals surface area contributed by atoms with Gasteiger partial charge in [0.25, 0.3) is 5.91 Å². The second-order valence-electron chi connectivity index (χ2n) is 6.21. The summed E-state index contributed by atoms with van der Waals surface area (Å²) in [5, 5.41) is 6.69. The minimum absolute atomic E-state index is 0.216. The van der Waals surface area contributed by atoms with E-state index in [0.717, 1.165) is 16.9 Å². The molecule has 1 heterocycles. The van der Waals surface area contributed by atoms with E-state index < -0.39 is 0 Å². The average molecular weight is 397 g/mol. The number of halogens is 1. The van der Waals surface area contributed by atoms with Gasteiger partial charge in [-0.25, -0.2) is 9.97 Å². The monoisotopic (exact) mass is 396 g/mol. The molecule has 1 aromatic heterocycles. The molecular weight excluding hydrogens is 376 g/mol. The van der Waals surface area contributed by atoms with Crippen molar-refractivity contribution in [3.63, 3.8) is 0 Å². The Labute approximate surface area is 168 Å². The number of carbonyl (C=O) groups excluding carboxylic acids is 1. The Morgan fingerprint density at radius 1 is 1.11 bits per heavy atom. The van der Waals surface area contributed by atoms with Gasteiger partial charge >= 0.3 is 0 Å². The fraction of sp³-hybridized carbons (Fsp3) is 0.190. The lowest BCUT2D eigenvalue weighted by molar-refractivity contribution is 0.0949. The summed E-state index contributed by atoms with van der Waals surface area (Å²) in [6.07, 6.45) is 1.54. The first-order valence-electron chi connectivity index (χ1n) is 8.78. The van der Waals surface area contributed by atoms with Gasteiger partial charge < -0.3 is 15.4 Å². The quantitative estimate of drug-likeness (QED) is 0.631. The summed E-state index contributed by atoms with van der Waals surface area (Å²) in [4.78, 5) is 21.1. The molecule has 0 aliphatic heterocycles. The summed E-state index contributed by atoms with van der Waals surface area (Å²) in [5.74, 6) is 1.05. The fourth-order valence-corrected chi connectivity index (χ4v) is 2.74. The van der Waals surface area contributed by atoms with E-state index in [0.29, 0.717) is 35.3 Å². The van der Waals surface area contributed by atoms with E-state index >= 15 is 0 Å². The first kappa shape index (κ1) is 19.6. The molecule has 2 N–H and O–H groups in total. The lowest BCUT2D eigenvalue weighted by Crippen LogP contribution is -2.24. The summed E-state index contributed by atoms with van der Waals surface area (Å²) in [5.41, 5.74) is 3.07. The van der Waals surface area contributed by atoms with E-state index in [2.05, 4.69) is 20.6 Å². The lowest BCUT2D eigenvalue weighted by atomic mass is 10.2. The number of nitrogens with one attached hydrogen (secondary N) is 2. The van der Waals surface area contributed by atoms with E-state index in [4.69, 9.17) is 16.3 Å². The maximum Gasteiger partial charge on any atom is 0.254 e. The second kappa shape index (κ2) is 9.19. The highest BCUT2D eigenvalue weighted by Crippen LogP contribution is 2.14. The minimum atomic E-state index is -0.216. The third-order valence-electron chi connectivity index (χ3n) is 4.18. The van der Waals surface area contributed by atoms with Crippen LogP contribution in [0.1, 0.15) is 27.2 Å². The standard InChI is InChI=1S/C21H21ClN4O2/c1-14-19(20(27)23-11-15-6-8-17(22)9-7-15)13-25-21(26-14)24-12-16-4-3-5-18(10-16)28-2/h3-10,13H,11-12H2,1-2H3,(H,23,27)(H,24,25,26). The van der Waals surface area contributed by atoms with Gasteiger partial charge in [0, 0.05) is 24.3 Å². The van der Waals surface area contributed by atoms with Crippen LogP contribution in [0.25, 0.3) is 0 Å². The Morgan fingerprint density at radius 3 is 2.61 bits per heavy atom. The molecule has 0 radical (unpaired) electrons. The number of benzene rings is 2. The highest BCUT2D eigenvalue weighted by atomic mass is 35.5. The number of anilines is 1. The van der Waals surface area contributed by atoms with Crippen LogP contribution in [0.15, 0.2) is 54.7 Å². The number of methoxy groups -OCH3 is 1. The number of hydrogen-bond donors (Lipinski definition) is 2. The van der Waals surface area contributed by atoms with Crippen LogP contribution in [0.2, 0.25) is 5.02 Å². The predicted molar refractivity (Wildman–Crippen MR) is 110 cm³/mol. The number of ether oxygens (including phenoxy) is 1. The van der Waals surface area contributed by atoms with Crippen LogP contribution in [0.5, 0.6) is 5.75 Å². The van der Waals surface area contributed by atoms with E-state index in [1.54, 1.807) is 26.2 Å². The van der Waals surface area contributed by atoms with E-state index in [1.165, 1.54) is 6.20 Å². The molecule has 6 nitrogen and oxygen atoms in total. The molecule has 0 spiro atoms. The Morgan fingerprint density at radius 2 is 1.89 bits per heavy atom. The number of rotatable bonds is 7. The molecule has 3 rings (SSSR count). The number of aromatic nitrogens is 2. The lowest BCUT2D eigenvalue weighted by Gasteiger charge is -2.10. The molecular formula is C21H21ClN4O2. The molecule has 7 heteroatoms. The zero-order chi connectivity index (χ0) is 19.9. The number of hydrogen-bond acceptors (Lipinski definition) is 5. The van der Waals surface area contributed by atoms with Crippen molar-refractivity contribution in [3.05, 3.63) is 82.1 Å². The minimum Gasteiger partial charge on any atom is -0.497 e. The van der Waals surface area contributed by atoms with Crippen LogP contribution in [-0.2, 0) is 13.1 Å². The van der Waals surface area contributed by atoms with Crippen molar-refractivity contribution in [2.75, 3.05) is 12.4 Å². The van der Waals surface area contributed by atoms with Gasteiger partial charge in [-0.1, -0.05) is 35.9 Å². The molecule has 0 unspecified atom stereocenters. The van der Waals surface area contributed by atoms with E-state index in [1.807, 2.05) is 36.4 Å². The van der Waals surface area contributed by atoms with Gasteiger partial charge in [0.1, 0.15) is 5.75 Å². The largest absolute Gasteiger partial charge is 0.497 e. The summed E-state index contributed by atoms with van der Waals surface area (Å²) in [7, 11) is 1.63. The van der Waals surface area contributed by atoms with Gasteiger partial charge in [-0.05, 0) is 42.3 Å². The Kier molecular flexibility index (Phi) is 6.45. The molecule has 0 atom stereocenters. The highest BCUT2D eigenvalue weighted by Gasteiger charge is 2.11. The molecule has 0 saturated heterocycles. The zero-order valence-corrected chi connectivity index (χ0v) is 16.5. The molecule has 1 amide bonds. The van der Waals surface area contributed by atoms with Gasteiger partial charge in [-0.15, -0.1) is 0 Å². The molecule has 0 aliphatic carbocycles. The average Bonchev–Trinajstić information content (AvgIpc) is 2.72. The van der Waals surface area contributed by atoms with Crippen LogP contribution in [0.3, 0.4) is 0 Å². The topological polar surface area (TPSA) is 76.1 Å². The third-order valence-corrected chi connectivity index (χ3v) is 4.43. The second-order valence-corrected chi connectivity index (χ2v) is 6.64. The van der Waals surface area contributed by atoms with Crippen LogP contribution >= 0.6 is 11.6 Å². The SMILES string of the molecule is COc1cccc(CNc2ncc(C(=O)NCc3ccc(Cl)cc3)c(C)n2)c1. The molecule has 144 valence electrons. The van der Waals surface area contributed by atoms with Crippen molar-refractivity contribution in [1.82, 2.24) is 15.3 Å². The fourth-order valence-electron chi connectivity index (χ4n) is 2.62. The predicted octanol–water partition coefficient (Wildman–Crippen LogP) is 3.99. The maximum absolute atomic E-state index is 12.4. The van der Waals surface area contributed by atoms with Crippen molar-refractivity contribution >= 4 is 23.5 Å². The molecule has 0 bridgehead atoms. The molecule has 0 fully saturated rings. The van der Waals surface area contributed by atoms with E-state index in [9.17, 15) is 4.79 Å². The maximum atomic E-state index is 12.4. The van der Waals surface area contributed by atoms with Crippen molar-refractivity contribution in [2.45, 2.75) is 20.0 Å². The van der Waals surface area contributed by atoms with Gasteiger partial charge in [0.2, 0.25) is 5.95 Å². The van der Waals surface area contributed by atoms with Crippen LogP contribution in [-0.4, -0.2) is 23.0 Å². The summed E-state index contributed by atoms with van der Waals surface area (Å²) in [6.45, 7) is 2.75. The van der Waals surface area contributed by atoms with E-state index in [-0.39, 0.29) is 5.91 Å². The van der Waals surface area contributed by atoms with Gasteiger partial charge in [-0.3, -0.25) is 4.79 Å². The van der Waals surface area contributed by atoms with Gasteiger partial charge in [0.15, 0.2) is 0 Å². The summed E-state index contributed by atoms with van der Waals surface area (Å²) >= 11 is 5.87. The smallest absolute Gasteiger partial charge is 0.254 e. The van der Waals surface area contributed by atoms with Crippen molar-refractivity contribution < 1.29 is 9.53 Å². The van der Waals surface area contributed by atoms with Gasteiger partial charge in [-0.2, -0.15) is 0 Å². The molecule has 2 aromatic carbocycles. The summed E-state index contributed by atoms with van der Waals surface area (Å²) in [6, 6.07) is 15.1. The highest BCUT2D eigenvalue weighted by molar-refractivity contribution is 6.30. The number of aryl methyl sites for hydroxylation is 1. The first-order chi connectivity index (χ1) is 13.5. The normalized spacial score (nSPS) is 10.4. The van der Waals surface area contributed by atoms with Crippen LogP contribution < -0.4 is 15.4 Å². The Balaban J connectivity index is 1.59. The molecule has 0 aliphatic rings. The number of carbonyl (C=O) groups is 1.